The maximum atomic E-state index is 6.39. The number of benzene rings is 1. The van der Waals surface area contributed by atoms with E-state index in [0.717, 1.165) is 17.2 Å². The van der Waals surface area contributed by atoms with Gasteiger partial charge in [0.2, 0.25) is 0 Å². The molecule has 0 bridgehead atoms. The van der Waals surface area contributed by atoms with Crippen molar-refractivity contribution >= 4 is 11.6 Å². The molecule has 0 saturated heterocycles. The summed E-state index contributed by atoms with van der Waals surface area (Å²) in [6, 6.07) is 4.32. The first-order valence-corrected chi connectivity index (χ1v) is 7.61. The SMILES string of the molecule is CCc1cc(C2(CN)CCCCC2)cc(Cl)c1OC. The molecule has 2 N–H and O–H groups in total. The lowest BCUT2D eigenvalue weighted by Gasteiger charge is -2.37. The maximum Gasteiger partial charge on any atom is 0.140 e. The zero-order valence-electron chi connectivity index (χ0n) is 12.0. The predicted octanol–water partition coefficient (Wildman–Crippen LogP) is 4.07. The highest BCUT2D eigenvalue weighted by molar-refractivity contribution is 6.32. The van der Waals surface area contributed by atoms with Crippen molar-refractivity contribution in [2.45, 2.75) is 50.9 Å². The second-order valence-electron chi connectivity index (χ2n) is 5.55. The van der Waals surface area contributed by atoms with Crippen LogP contribution in [0.2, 0.25) is 5.02 Å². The van der Waals surface area contributed by atoms with Crippen LogP contribution in [0.3, 0.4) is 0 Å². The standard InChI is InChI=1S/C16H24ClNO/c1-3-12-9-13(10-14(17)15(12)19-2)16(11-18)7-5-4-6-8-16/h9-10H,3-8,11,18H2,1-2H3. The molecule has 0 spiro atoms. The molecule has 0 atom stereocenters. The number of rotatable bonds is 4. The zero-order valence-corrected chi connectivity index (χ0v) is 12.7. The third-order valence-corrected chi connectivity index (χ3v) is 4.80. The molecule has 3 heteroatoms. The topological polar surface area (TPSA) is 35.2 Å². The molecule has 0 radical (unpaired) electrons. The Balaban J connectivity index is 2.46. The Morgan fingerprint density at radius 3 is 2.47 bits per heavy atom. The third-order valence-electron chi connectivity index (χ3n) is 4.52. The van der Waals surface area contributed by atoms with Gasteiger partial charge in [-0.3, -0.25) is 0 Å². The Hall–Kier alpha value is -0.730. The number of methoxy groups -OCH3 is 1. The van der Waals surface area contributed by atoms with E-state index in [0.29, 0.717) is 6.54 Å². The van der Waals surface area contributed by atoms with Gasteiger partial charge in [0, 0.05) is 12.0 Å². The van der Waals surface area contributed by atoms with Crippen molar-refractivity contribution in [1.29, 1.82) is 0 Å². The Kier molecular flexibility index (Phi) is 4.75. The second kappa shape index (κ2) is 6.15. The summed E-state index contributed by atoms with van der Waals surface area (Å²) < 4.78 is 5.41. The smallest absolute Gasteiger partial charge is 0.140 e. The normalized spacial score (nSPS) is 18.3. The molecule has 0 heterocycles. The van der Waals surface area contributed by atoms with Gasteiger partial charge in [0.25, 0.3) is 0 Å². The lowest BCUT2D eigenvalue weighted by atomic mass is 9.69. The summed E-state index contributed by atoms with van der Waals surface area (Å²) in [6.07, 6.45) is 7.14. The summed E-state index contributed by atoms with van der Waals surface area (Å²) in [6.45, 7) is 2.84. The van der Waals surface area contributed by atoms with E-state index in [4.69, 9.17) is 22.1 Å². The molecule has 0 unspecified atom stereocenters. The van der Waals surface area contributed by atoms with Crippen LogP contribution < -0.4 is 10.5 Å². The molecule has 0 aromatic heterocycles. The molecule has 19 heavy (non-hydrogen) atoms. The van der Waals surface area contributed by atoms with Crippen LogP contribution in [0.25, 0.3) is 0 Å². The van der Waals surface area contributed by atoms with Gasteiger partial charge in [0.15, 0.2) is 0 Å². The van der Waals surface area contributed by atoms with Crippen LogP contribution in [-0.4, -0.2) is 13.7 Å². The average molecular weight is 282 g/mol. The molecule has 0 aliphatic heterocycles. The minimum Gasteiger partial charge on any atom is -0.495 e. The number of halogens is 1. The molecule has 106 valence electrons. The summed E-state index contributed by atoms with van der Waals surface area (Å²) in [5, 5.41) is 0.718. The molecular weight excluding hydrogens is 258 g/mol. The first-order chi connectivity index (χ1) is 9.16. The van der Waals surface area contributed by atoms with E-state index in [1.807, 2.05) is 0 Å². The van der Waals surface area contributed by atoms with E-state index in [2.05, 4.69) is 19.1 Å². The second-order valence-corrected chi connectivity index (χ2v) is 5.96. The molecule has 1 aliphatic rings. The number of ether oxygens (including phenoxy) is 1. The fourth-order valence-electron chi connectivity index (χ4n) is 3.29. The predicted molar refractivity (Wildman–Crippen MR) is 81.2 cm³/mol. The van der Waals surface area contributed by atoms with Crippen LogP contribution >= 0.6 is 11.6 Å². The molecule has 1 aromatic rings. The monoisotopic (exact) mass is 281 g/mol. The number of hydrogen-bond acceptors (Lipinski definition) is 2. The zero-order chi connectivity index (χ0) is 13.9. The van der Waals surface area contributed by atoms with Crippen LogP contribution in [0, 0.1) is 0 Å². The summed E-state index contributed by atoms with van der Waals surface area (Å²) >= 11 is 6.39. The largest absolute Gasteiger partial charge is 0.495 e. The lowest BCUT2D eigenvalue weighted by molar-refractivity contribution is 0.300. The molecule has 2 rings (SSSR count). The number of aryl methyl sites for hydroxylation is 1. The molecule has 1 aromatic carbocycles. The minimum absolute atomic E-state index is 0.123. The molecule has 1 aliphatic carbocycles. The number of hydrogen-bond donors (Lipinski definition) is 1. The van der Waals surface area contributed by atoms with Crippen LogP contribution in [-0.2, 0) is 11.8 Å². The van der Waals surface area contributed by atoms with E-state index >= 15 is 0 Å². The highest BCUT2D eigenvalue weighted by Gasteiger charge is 2.33. The van der Waals surface area contributed by atoms with Crippen molar-refractivity contribution in [3.8, 4) is 5.75 Å². The molecule has 0 amide bonds. The van der Waals surface area contributed by atoms with E-state index in [1.54, 1.807) is 7.11 Å². The van der Waals surface area contributed by atoms with Crippen molar-refractivity contribution in [1.82, 2.24) is 0 Å². The van der Waals surface area contributed by atoms with Crippen molar-refractivity contribution in [3.63, 3.8) is 0 Å². The van der Waals surface area contributed by atoms with Crippen molar-refractivity contribution in [3.05, 3.63) is 28.3 Å². The van der Waals surface area contributed by atoms with Crippen LogP contribution in [0.15, 0.2) is 12.1 Å². The van der Waals surface area contributed by atoms with Gasteiger partial charge in [-0.1, -0.05) is 43.9 Å². The Morgan fingerprint density at radius 1 is 1.26 bits per heavy atom. The Morgan fingerprint density at radius 2 is 1.95 bits per heavy atom. The molecule has 1 fully saturated rings. The van der Waals surface area contributed by atoms with E-state index in [9.17, 15) is 0 Å². The molecule has 2 nitrogen and oxygen atoms in total. The Bertz CT molecular complexity index is 439. The van der Waals surface area contributed by atoms with Gasteiger partial charge in [0.05, 0.1) is 12.1 Å². The first-order valence-electron chi connectivity index (χ1n) is 7.24. The lowest BCUT2D eigenvalue weighted by Crippen LogP contribution is -2.37. The first kappa shape index (κ1) is 14.7. The fourth-order valence-corrected chi connectivity index (χ4v) is 3.60. The van der Waals surface area contributed by atoms with Gasteiger partial charge >= 0.3 is 0 Å². The summed E-state index contributed by atoms with van der Waals surface area (Å²) in [7, 11) is 1.68. The van der Waals surface area contributed by atoms with Crippen LogP contribution in [0.4, 0.5) is 0 Å². The Labute approximate surface area is 121 Å². The third kappa shape index (κ3) is 2.75. The van der Waals surface area contributed by atoms with Gasteiger partial charge in [-0.05, 0) is 36.5 Å². The molecular formula is C16H24ClNO. The highest BCUT2D eigenvalue weighted by atomic mass is 35.5. The van der Waals surface area contributed by atoms with Gasteiger partial charge in [-0.15, -0.1) is 0 Å². The van der Waals surface area contributed by atoms with E-state index in [-0.39, 0.29) is 5.41 Å². The summed E-state index contributed by atoms with van der Waals surface area (Å²) in [5.41, 5.74) is 8.72. The van der Waals surface area contributed by atoms with Gasteiger partial charge < -0.3 is 10.5 Å². The van der Waals surface area contributed by atoms with E-state index in [1.165, 1.54) is 43.2 Å². The van der Waals surface area contributed by atoms with Crippen molar-refractivity contribution < 1.29 is 4.74 Å². The highest BCUT2D eigenvalue weighted by Crippen LogP contribution is 2.42. The van der Waals surface area contributed by atoms with Crippen molar-refractivity contribution in [2.24, 2.45) is 5.73 Å². The van der Waals surface area contributed by atoms with Crippen LogP contribution in [0.1, 0.15) is 50.2 Å². The van der Waals surface area contributed by atoms with Crippen molar-refractivity contribution in [2.75, 3.05) is 13.7 Å². The van der Waals surface area contributed by atoms with Gasteiger partial charge in [-0.2, -0.15) is 0 Å². The summed E-state index contributed by atoms with van der Waals surface area (Å²) in [4.78, 5) is 0. The molecule has 1 saturated carbocycles. The van der Waals surface area contributed by atoms with Gasteiger partial charge in [0.1, 0.15) is 5.75 Å². The van der Waals surface area contributed by atoms with Gasteiger partial charge in [-0.25, -0.2) is 0 Å². The van der Waals surface area contributed by atoms with Crippen LogP contribution in [0.5, 0.6) is 5.75 Å². The fraction of sp³-hybridized carbons (Fsp3) is 0.625. The minimum atomic E-state index is 0.123. The summed E-state index contributed by atoms with van der Waals surface area (Å²) in [5.74, 6) is 0.816. The maximum absolute atomic E-state index is 6.39. The van der Waals surface area contributed by atoms with E-state index < -0.39 is 0 Å². The average Bonchev–Trinajstić information content (AvgIpc) is 2.47. The quantitative estimate of drug-likeness (QED) is 0.903. The number of nitrogens with two attached hydrogens (primary N) is 1.